The lowest BCUT2D eigenvalue weighted by molar-refractivity contribution is 0.0908. The van der Waals surface area contributed by atoms with Gasteiger partial charge in [0.2, 0.25) is 0 Å². The summed E-state index contributed by atoms with van der Waals surface area (Å²) >= 11 is 5.91. The molecule has 0 spiro atoms. The molecule has 1 aliphatic heterocycles. The van der Waals surface area contributed by atoms with E-state index in [2.05, 4.69) is 4.90 Å². The number of halogens is 1. The smallest absolute Gasteiger partial charge is 0.296 e. The molecule has 1 fully saturated rings. The van der Waals surface area contributed by atoms with Crippen LogP contribution in [-0.4, -0.2) is 44.7 Å². The largest absolute Gasteiger partial charge is 0.346 e. The zero-order chi connectivity index (χ0) is 21.8. The van der Waals surface area contributed by atoms with Crippen molar-refractivity contribution in [2.45, 2.75) is 38.8 Å². The number of ketones is 1. The number of Topliss-reactive ketones (excluding diaryl/α,β-unsaturated/α-hetero) is 1. The van der Waals surface area contributed by atoms with E-state index in [-0.39, 0.29) is 17.4 Å². The minimum atomic E-state index is -0.0540. The Kier molecular flexibility index (Phi) is 6.68. The first-order valence-corrected chi connectivity index (χ1v) is 11.2. The maximum absolute atomic E-state index is 12.9. The van der Waals surface area contributed by atoms with E-state index in [4.69, 9.17) is 16.7 Å². The molecule has 7 heteroatoms. The van der Waals surface area contributed by atoms with Gasteiger partial charge >= 0.3 is 5.69 Å². The molecule has 162 valence electrons. The number of hydrogen-bond donors (Lipinski definition) is 0. The Morgan fingerprint density at radius 1 is 1.06 bits per heavy atom. The molecule has 0 saturated carbocycles. The number of aromatic nitrogens is 3. The fourth-order valence-corrected chi connectivity index (χ4v) is 4.32. The van der Waals surface area contributed by atoms with E-state index in [0.29, 0.717) is 30.2 Å². The highest BCUT2D eigenvalue weighted by Crippen LogP contribution is 2.26. The molecule has 3 aromatic rings. The second-order valence-electron chi connectivity index (χ2n) is 8.01. The number of carbonyl (C=O) groups is 1. The molecule has 2 heterocycles. The van der Waals surface area contributed by atoms with Crippen LogP contribution in [0.15, 0.2) is 59.4 Å². The van der Waals surface area contributed by atoms with Crippen molar-refractivity contribution in [1.82, 2.24) is 19.2 Å². The molecule has 1 aliphatic rings. The van der Waals surface area contributed by atoms with E-state index in [1.165, 1.54) is 0 Å². The molecule has 6 nitrogen and oxygen atoms in total. The van der Waals surface area contributed by atoms with E-state index >= 15 is 0 Å². The van der Waals surface area contributed by atoms with Crippen LogP contribution in [0.1, 0.15) is 47.4 Å². The van der Waals surface area contributed by atoms with Crippen molar-refractivity contribution in [3.8, 4) is 0 Å². The molecular formula is C24H27ClN4O2. The minimum Gasteiger partial charge on any atom is -0.296 e. The number of hydrogen-bond acceptors (Lipinski definition) is 4. The zero-order valence-corrected chi connectivity index (χ0v) is 18.5. The van der Waals surface area contributed by atoms with E-state index in [0.717, 1.165) is 37.3 Å². The monoisotopic (exact) mass is 438 g/mol. The fourth-order valence-electron chi connectivity index (χ4n) is 4.20. The standard InChI is InChI=1S/C24H27ClN4O2/c1-2-28-23(26-29(24(28)31)16-18-6-4-3-5-7-18)20-12-14-27(15-13-20)17-22(30)19-8-10-21(25)11-9-19/h3-11,20H,2,12-17H2,1H3. The quantitative estimate of drug-likeness (QED) is 0.526. The van der Waals surface area contributed by atoms with Crippen LogP contribution in [0.2, 0.25) is 5.02 Å². The van der Waals surface area contributed by atoms with E-state index in [1.807, 2.05) is 37.3 Å². The molecule has 0 amide bonds. The highest BCUT2D eigenvalue weighted by atomic mass is 35.5. The highest BCUT2D eigenvalue weighted by Gasteiger charge is 2.27. The van der Waals surface area contributed by atoms with Crippen LogP contribution in [0, 0.1) is 0 Å². The third-order valence-electron chi connectivity index (χ3n) is 5.93. The fraction of sp³-hybridized carbons (Fsp3) is 0.375. The Bertz CT molecular complexity index is 1080. The van der Waals surface area contributed by atoms with Crippen molar-refractivity contribution < 1.29 is 4.79 Å². The number of likely N-dealkylation sites (tertiary alicyclic amines) is 1. The molecular weight excluding hydrogens is 412 g/mol. The molecule has 1 aromatic heterocycles. The Morgan fingerprint density at radius 2 is 1.74 bits per heavy atom. The average Bonchev–Trinajstić information content (AvgIpc) is 3.10. The number of rotatable bonds is 7. The first-order chi connectivity index (χ1) is 15.0. The van der Waals surface area contributed by atoms with E-state index in [1.54, 1.807) is 33.5 Å². The maximum Gasteiger partial charge on any atom is 0.346 e. The summed E-state index contributed by atoms with van der Waals surface area (Å²) in [6.07, 6.45) is 1.77. The van der Waals surface area contributed by atoms with Crippen LogP contribution in [0.5, 0.6) is 0 Å². The first-order valence-electron chi connectivity index (χ1n) is 10.8. The van der Waals surface area contributed by atoms with Crippen molar-refractivity contribution in [2.75, 3.05) is 19.6 Å². The van der Waals surface area contributed by atoms with Crippen LogP contribution < -0.4 is 5.69 Å². The van der Waals surface area contributed by atoms with Crippen LogP contribution in [0.3, 0.4) is 0 Å². The van der Waals surface area contributed by atoms with Gasteiger partial charge in [-0.25, -0.2) is 9.48 Å². The lowest BCUT2D eigenvalue weighted by Crippen LogP contribution is -2.37. The summed E-state index contributed by atoms with van der Waals surface area (Å²) in [5.74, 6) is 1.20. The zero-order valence-electron chi connectivity index (χ0n) is 17.7. The summed E-state index contributed by atoms with van der Waals surface area (Å²) in [6.45, 7) is 5.10. The van der Waals surface area contributed by atoms with Gasteiger partial charge in [-0.1, -0.05) is 41.9 Å². The molecule has 0 unspecified atom stereocenters. The number of nitrogens with zero attached hydrogens (tertiary/aromatic N) is 4. The van der Waals surface area contributed by atoms with Crippen LogP contribution in [0.25, 0.3) is 0 Å². The third kappa shape index (κ3) is 4.97. The lowest BCUT2D eigenvalue weighted by atomic mass is 9.95. The summed E-state index contributed by atoms with van der Waals surface area (Å²) in [6, 6.07) is 17.0. The molecule has 31 heavy (non-hydrogen) atoms. The highest BCUT2D eigenvalue weighted by molar-refractivity contribution is 6.30. The van der Waals surface area contributed by atoms with Crippen molar-refractivity contribution in [1.29, 1.82) is 0 Å². The van der Waals surface area contributed by atoms with Gasteiger partial charge in [0.05, 0.1) is 13.1 Å². The van der Waals surface area contributed by atoms with Gasteiger partial charge in [-0.3, -0.25) is 14.3 Å². The van der Waals surface area contributed by atoms with Crippen molar-refractivity contribution >= 4 is 17.4 Å². The number of carbonyl (C=O) groups excluding carboxylic acids is 1. The van der Waals surface area contributed by atoms with Crippen LogP contribution >= 0.6 is 11.6 Å². The van der Waals surface area contributed by atoms with Gasteiger partial charge in [-0.15, -0.1) is 0 Å². The summed E-state index contributed by atoms with van der Waals surface area (Å²) in [5, 5.41) is 5.34. The topological polar surface area (TPSA) is 60.1 Å². The Hall–Kier alpha value is -2.70. The lowest BCUT2D eigenvalue weighted by Gasteiger charge is -2.31. The molecule has 1 saturated heterocycles. The number of benzene rings is 2. The minimum absolute atomic E-state index is 0.0540. The van der Waals surface area contributed by atoms with Gasteiger partial charge in [0.15, 0.2) is 5.78 Å². The molecule has 4 rings (SSSR count). The number of piperidine rings is 1. The van der Waals surface area contributed by atoms with Crippen LogP contribution in [0.4, 0.5) is 0 Å². The predicted octanol–water partition coefficient (Wildman–Crippen LogP) is 3.83. The van der Waals surface area contributed by atoms with Gasteiger partial charge in [0, 0.05) is 23.0 Å². The van der Waals surface area contributed by atoms with Crippen molar-refractivity contribution in [2.24, 2.45) is 0 Å². The second kappa shape index (κ2) is 9.62. The summed E-state index contributed by atoms with van der Waals surface area (Å²) in [5.41, 5.74) is 1.69. The van der Waals surface area contributed by atoms with Crippen molar-refractivity contribution in [3.05, 3.63) is 87.1 Å². The summed E-state index contributed by atoms with van der Waals surface area (Å²) < 4.78 is 3.37. The average molecular weight is 439 g/mol. The van der Waals surface area contributed by atoms with Crippen molar-refractivity contribution in [3.63, 3.8) is 0 Å². The molecule has 0 aliphatic carbocycles. The SMILES string of the molecule is CCn1c(C2CCN(CC(=O)c3ccc(Cl)cc3)CC2)nn(Cc2ccccc2)c1=O. The second-order valence-corrected chi connectivity index (χ2v) is 8.45. The Labute approximate surface area is 187 Å². The van der Waals surface area contributed by atoms with Gasteiger partial charge < -0.3 is 0 Å². The predicted molar refractivity (Wildman–Crippen MR) is 122 cm³/mol. The third-order valence-corrected chi connectivity index (χ3v) is 6.18. The molecule has 0 N–H and O–H groups in total. The van der Waals surface area contributed by atoms with Gasteiger partial charge in [0.1, 0.15) is 5.82 Å². The summed E-state index contributed by atoms with van der Waals surface area (Å²) in [4.78, 5) is 27.6. The van der Waals surface area contributed by atoms with Gasteiger partial charge in [-0.2, -0.15) is 5.10 Å². The van der Waals surface area contributed by atoms with Gasteiger partial charge in [0.25, 0.3) is 0 Å². The molecule has 0 radical (unpaired) electrons. The molecule has 0 bridgehead atoms. The van der Waals surface area contributed by atoms with Gasteiger partial charge in [-0.05, 0) is 62.7 Å². The Balaban J connectivity index is 1.41. The maximum atomic E-state index is 12.9. The Morgan fingerprint density at radius 3 is 2.39 bits per heavy atom. The van der Waals surface area contributed by atoms with E-state index < -0.39 is 0 Å². The normalized spacial score (nSPS) is 15.3. The summed E-state index contributed by atoms with van der Waals surface area (Å²) in [7, 11) is 0. The molecule has 0 atom stereocenters. The molecule has 2 aromatic carbocycles. The van der Waals surface area contributed by atoms with E-state index in [9.17, 15) is 9.59 Å². The first kappa shape index (κ1) is 21.5. The van der Waals surface area contributed by atoms with Crippen LogP contribution in [-0.2, 0) is 13.1 Å².